The molecule has 1 fully saturated rings. The summed E-state index contributed by atoms with van der Waals surface area (Å²) in [6, 6.07) is 7.80. The zero-order valence-electron chi connectivity index (χ0n) is 13.2. The Balaban J connectivity index is 2.02. The van der Waals surface area contributed by atoms with E-state index >= 15 is 0 Å². The summed E-state index contributed by atoms with van der Waals surface area (Å²) in [5, 5.41) is 11.1. The van der Waals surface area contributed by atoms with Gasteiger partial charge in [0.1, 0.15) is 5.75 Å². The summed E-state index contributed by atoms with van der Waals surface area (Å²) in [4.78, 5) is 2.37. The Labute approximate surface area is 127 Å². The molecule has 2 rings (SSSR count). The first kappa shape index (κ1) is 16.3. The van der Waals surface area contributed by atoms with E-state index in [-0.39, 0.29) is 0 Å². The summed E-state index contributed by atoms with van der Waals surface area (Å²) in [5.74, 6) is 0.825. The largest absolute Gasteiger partial charge is 0.497 e. The van der Waals surface area contributed by atoms with Gasteiger partial charge in [0.05, 0.1) is 25.9 Å². The summed E-state index contributed by atoms with van der Waals surface area (Å²) in [6.07, 6.45) is 2.50. The zero-order chi connectivity index (χ0) is 15.1. The number of hydrogen-bond donors (Lipinski definition) is 1. The fourth-order valence-electron chi connectivity index (χ4n) is 2.90. The standard InChI is InChI=1S/C17H27NO3/c1-3-8-17(19,9-10-18-11-13-21-14-12-18)15-4-6-16(20-2)7-5-15/h4-7,19H,3,8-14H2,1-2H3. The van der Waals surface area contributed by atoms with Crippen molar-refractivity contribution in [3.05, 3.63) is 29.8 Å². The second-order valence-electron chi connectivity index (χ2n) is 5.71. The van der Waals surface area contributed by atoms with Crippen molar-refractivity contribution in [1.29, 1.82) is 0 Å². The number of hydrogen-bond acceptors (Lipinski definition) is 4. The van der Waals surface area contributed by atoms with Crippen molar-refractivity contribution in [2.75, 3.05) is 40.0 Å². The summed E-state index contributed by atoms with van der Waals surface area (Å²) in [7, 11) is 1.66. The normalized spacial score (nSPS) is 19.2. The van der Waals surface area contributed by atoms with E-state index in [1.54, 1.807) is 7.11 Å². The third-order valence-corrected chi connectivity index (χ3v) is 4.24. The molecule has 1 heterocycles. The Morgan fingerprint density at radius 2 is 1.86 bits per heavy atom. The Morgan fingerprint density at radius 1 is 1.19 bits per heavy atom. The number of ether oxygens (including phenoxy) is 2. The van der Waals surface area contributed by atoms with Gasteiger partial charge in [0.2, 0.25) is 0 Å². The van der Waals surface area contributed by atoms with Crippen molar-refractivity contribution in [1.82, 2.24) is 4.90 Å². The lowest BCUT2D eigenvalue weighted by Crippen LogP contribution is -2.40. The maximum Gasteiger partial charge on any atom is 0.118 e. The van der Waals surface area contributed by atoms with Crippen LogP contribution in [0.15, 0.2) is 24.3 Å². The monoisotopic (exact) mass is 293 g/mol. The van der Waals surface area contributed by atoms with E-state index in [0.717, 1.165) is 63.4 Å². The lowest BCUT2D eigenvalue weighted by Gasteiger charge is -2.33. The number of morpholine rings is 1. The van der Waals surface area contributed by atoms with E-state index in [0.29, 0.717) is 0 Å². The molecule has 1 aromatic rings. The predicted molar refractivity (Wildman–Crippen MR) is 83.7 cm³/mol. The molecule has 118 valence electrons. The molecule has 1 saturated heterocycles. The highest BCUT2D eigenvalue weighted by Crippen LogP contribution is 2.31. The topological polar surface area (TPSA) is 41.9 Å². The van der Waals surface area contributed by atoms with Crippen LogP contribution in [0.2, 0.25) is 0 Å². The van der Waals surface area contributed by atoms with Gasteiger partial charge in [-0.3, -0.25) is 4.90 Å². The van der Waals surface area contributed by atoms with Crippen molar-refractivity contribution in [3.8, 4) is 5.75 Å². The van der Waals surface area contributed by atoms with Gasteiger partial charge in [-0.25, -0.2) is 0 Å². The van der Waals surface area contributed by atoms with Gasteiger partial charge in [-0.2, -0.15) is 0 Å². The molecule has 4 heteroatoms. The molecule has 0 saturated carbocycles. The second-order valence-corrected chi connectivity index (χ2v) is 5.71. The van der Waals surface area contributed by atoms with Crippen LogP contribution in [0.5, 0.6) is 5.75 Å². The van der Waals surface area contributed by atoms with E-state index in [4.69, 9.17) is 9.47 Å². The van der Waals surface area contributed by atoms with Crippen molar-refractivity contribution in [2.24, 2.45) is 0 Å². The fraction of sp³-hybridized carbons (Fsp3) is 0.647. The molecule has 1 unspecified atom stereocenters. The van der Waals surface area contributed by atoms with Crippen LogP contribution in [0.3, 0.4) is 0 Å². The number of rotatable bonds is 7. The van der Waals surface area contributed by atoms with Crippen LogP contribution in [0, 0.1) is 0 Å². The predicted octanol–water partition coefficient (Wildman–Crippen LogP) is 2.41. The van der Waals surface area contributed by atoms with Gasteiger partial charge in [0.15, 0.2) is 0 Å². The highest BCUT2D eigenvalue weighted by Gasteiger charge is 2.29. The lowest BCUT2D eigenvalue weighted by atomic mass is 9.86. The average Bonchev–Trinajstić information content (AvgIpc) is 2.54. The van der Waals surface area contributed by atoms with Crippen LogP contribution in [0.25, 0.3) is 0 Å². The number of benzene rings is 1. The zero-order valence-corrected chi connectivity index (χ0v) is 13.2. The summed E-state index contributed by atoms with van der Waals surface area (Å²) in [5.41, 5.74) is 0.234. The van der Waals surface area contributed by atoms with Crippen LogP contribution in [0.4, 0.5) is 0 Å². The van der Waals surface area contributed by atoms with Gasteiger partial charge >= 0.3 is 0 Å². The smallest absolute Gasteiger partial charge is 0.118 e. The first-order valence-corrected chi connectivity index (χ1v) is 7.85. The summed E-state index contributed by atoms with van der Waals surface area (Å²) < 4.78 is 10.6. The van der Waals surface area contributed by atoms with E-state index in [2.05, 4.69) is 11.8 Å². The van der Waals surface area contributed by atoms with Crippen LogP contribution in [-0.2, 0) is 10.3 Å². The minimum atomic E-state index is -0.751. The molecule has 0 amide bonds. The molecule has 21 heavy (non-hydrogen) atoms. The molecule has 0 aliphatic carbocycles. The van der Waals surface area contributed by atoms with E-state index in [1.807, 2.05) is 24.3 Å². The Bertz CT molecular complexity index is 415. The minimum absolute atomic E-state index is 0.751. The molecule has 1 N–H and O–H groups in total. The van der Waals surface area contributed by atoms with Crippen LogP contribution >= 0.6 is 0 Å². The van der Waals surface area contributed by atoms with Crippen molar-refractivity contribution in [3.63, 3.8) is 0 Å². The molecule has 1 aromatic carbocycles. The molecule has 0 bridgehead atoms. The van der Waals surface area contributed by atoms with Crippen LogP contribution in [0.1, 0.15) is 31.7 Å². The van der Waals surface area contributed by atoms with E-state index < -0.39 is 5.60 Å². The van der Waals surface area contributed by atoms with Crippen LogP contribution < -0.4 is 4.74 Å². The lowest BCUT2D eigenvalue weighted by molar-refractivity contribution is -0.0103. The summed E-state index contributed by atoms with van der Waals surface area (Å²) >= 11 is 0. The molecule has 1 aliphatic rings. The van der Waals surface area contributed by atoms with Crippen molar-refractivity contribution >= 4 is 0 Å². The van der Waals surface area contributed by atoms with Gasteiger partial charge in [-0.1, -0.05) is 25.5 Å². The number of nitrogens with zero attached hydrogens (tertiary/aromatic N) is 1. The third-order valence-electron chi connectivity index (χ3n) is 4.24. The molecule has 0 radical (unpaired) electrons. The van der Waals surface area contributed by atoms with E-state index in [9.17, 15) is 5.11 Å². The number of aliphatic hydroxyl groups is 1. The molecule has 0 aromatic heterocycles. The average molecular weight is 293 g/mol. The summed E-state index contributed by atoms with van der Waals surface area (Å²) in [6.45, 7) is 6.55. The van der Waals surface area contributed by atoms with E-state index in [1.165, 1.54) is 0 Å². The Kier molecular flexibility index (Phi) is 6.03. The highest BCUT2D eigenvalue weighted by molar-refractivity contribution is 5.30. The highest BCUT2D eigenvalue weighted by atomic mass is 16.5. The quantitative estimate of drug-likeness (QED) is 0.838. The van der Waals surface area contributed by atoms with Gasteiger partial charge in [0.25, 0.3) is 0 Å². The van der Waals surface area contributed by atoms with Crippen molar-refractivity contribution in [2.45, 2.75) is 31.8 Å². The maximum atomic E-state index is 11.1. The molecule has 4 nitrogen and oxygen atoms in total. The van der Waals surface area contributed by atoms with Gasteiger partial charge < -0.3 is 14.6 Å². The molecular weight excluding hydrogens is 266 g/mol. The SMILES string of the molecule is CCCC(O)(CCN1CCOCC1)c1ccc(OC)cc1. The maximum absolute atomic E-state index is 11.1. The molecule has 0 spiro atoms. The Hall–Kier alpha value is -1.10. The molecular formula is C17H27NO3. The van der Waals surface area contributed by atoms with Gasteiger partial charge in [-0.15, -0.1) is 0 Å². The molecule has 1 atom stereocenters. The fourth-order valence-corrected chi connectivity index (χ4v) is 2.90. The number of methoxy groups -OCH3 is 1. The van der Waals surface area contributed by atoms with Gasteiger partial charge in [-0.05, 0) is 30.5 Å². The van der Waals surface area contributed by atoms with Crippen molar-refractivity contribution < 1.29 is 14.6 Å². The Morgan fingerprint density at radius 3 is 2.43 bits per heavy atom. The van der Waals surface area contributed by atoms with Gasteiger partial charge in [0, 0.05) is 19.6 Å². The second kappa shape index (κ2) is 7.78. The molecule has 1 aliphatic heterocycles. The first-order valence-electron chi connectivity index (χ1n) is 7.85. The van der Waals surface area contributed by atoms with Crippen LogP contribution in [-0.4, -0.2) is 50.0 Å². The minimum Gasteiger partial charge on any atom is -0.497 e. The first-order chi connectivity index (χ1) is 10.2. The third kappa shape index (κ3) is 4.43.